The molecule has 0 aromatic carbocycles. The minimum atomic E-state index is -0.488. The number of aliphatic hydroxyl groups is 1. The highest BCUT2D eigenvalue weighted by atomic mass is 16.3. The number of rotatable bonds is 6. The first-order valence-corrected chi connectivity index (χ1v) is 5.09. The zero-order valence-electron chi connectivity index (χ0n) is 9.11. The molecular weight excluding hydrogens is 226 g/mol. The largest absolute Gasteiger partial charge is 0.396 e. The van der Waals surface area contributed by atoms with Gasteiger partial charge in [-0.1, -0.05) is 5.11 Å². The van der Waals surface area contributed by atoms with E-state index in [1.54, 1.807) is 0 Å². The highest BCUT2D eigenvalue weighted by Gasteiger charge is 2.07. The maximum atomic E-state index is 11.3. The van der Waals surface area contributed by atoms with Gasteiger partial charge in [0.2, 0.25) is 0 Å². The summed E-state index contributed by atoms with van der Waals surface area (Å²) in [5, 5.41) is 12.4. The highest BCUT2D eigenvalue weighted by Crippen LogP contribution is 2.04. The van der Waals surface area contributed by atoms with Crippen molar-refractivity contribution in [1.82, 2.24) is 9.55 Å². The zero-order chi connectivity index (χ0) is 12.7. The Balaban J connectivity index is 2.62. The molecule has 1 unspecified atom stereocenters. The van der Waals surface area contributed by atoms with Gasteiger partial charge in [-0.2, -0.15) is 0 Å². The van der Waals surface area contributed by atoms with E-state index in [9.17, 15) is 9.59 Å². The second-order valence-electron chi connectivity index (χ2n) is 3.55. The van der Waals surface area contributed by atoms with Crippen LogP contribution in [0.15, 0.2) is 27.0 Å². The van der Waals surface area contributed by atoms with E-state index >= 15 is 0 Å². The number of hydrogen-bond acceptors (Lipinski definition) is 4. The van der Waals surface area contributed by atoms with E-state index in [1.165, 1.54) is 16.8 Å². The molecule has 1 aromatic rings. The fourth-order valence-electron chi connectivity index (χ4n) is 1.33. The number of aromatic nitrogens is 2. The number of nitrogens with one attached hydrogen (secondary N) is 1. The van der Waals surface area contributed by atoms with Gasteiger partial charge in [-0.3, -0.25) is 9.78 Å². The molecule has 0 aliphatic heterocycles. The Bertz CT molecular complexity index is 514. The predicted octanol–water partition coefficient (Wildman–Crippen LogP) is -0.155. The molecule has 17 heavy (non-hydrogen) atoms. The van der Waals surface area contributed by atoms with Crippen molar-refractivity contribution in [3.05, 3.63) is 43.5 Å². The molecule has 1 atom stereocenters. The molecule has 0 aliphatic rings. The first-order chi connectivity index (χ1) is 8.17. The van der Waals surface area contributed by atoms with Crippen LogP contribution in [-0.4, -0.2) is 27.8 Å². The van der Waals surface area contributed by atoms with Crippen molar-refractivity contribution in [2.75, 3.05) is 13.2 Å². The smallest absolute Gasteiger partial charge is 0.328 e. The van der Waals surface area contributed by atoms with Gasteiger partial charge in [-0.05, 0) is 17.9 Å². The van der Waals surface area contributed by atoms with Gasteiger partial charge >= 0.3 is 5.69 Å². The van der Waals surface area contributed by atoms with Crippen molar-refractivity contribution >= 4 is 0 Å². The number of aryl methyl sites for hydroxylation is 1. The maximum Gasteiger partial charge on any atom is 0.328 e. The lowest BCUT2D eigenvalue weighted by Gasteiger charge is -2.11. The van der Waals surface area contributed by atoms with Crippen molar-refractivity contribution < 1.29 is 5.11 Å². The third kappa shape index (κ3) is 4.13. The molecule has 1 aromatic heterocycles. The van der Waals surface area contributed by atoms with Crippen LogP contribution in [0.4, 0.5) is 0 Å². The number of hydrogen-bond donors (Lipinski definition) is 2. The summed E-state index contributed by atoms with van der Waals surface area (Å²) in [6, 6.07) is 1.25. The molecule has 0 aliphatic carbocycles. The first kappa shape index (κ1) is 13.0. The molecule has 0 saturated carbocycles. The number of aliphatic hydroxyl groups excluding tert-OH is 1. The van der Waals surface area contributed by atoms with Crippen LogP contribution in [0.25, 0.3) is 10.4 Å². The molecule has 0 fully saturated rings. The maximum absolute atomic E-state index is 11.3. The van der Waals surface area contributed by atoms with Crippen LogP contribution in [0.1, 0.15) is 6.42 Å². The van der Waals surface area contributed by atoms with E-state index in [0.29, 0.717) is 13.0 Å². The van der Waals surface area contributed by atoms with E-state index < -0.39 is 11.2 Å². The van der Waals surface area contributed by atoms with E-state index in [-0.39, 0.29) is 19.1 Å². The number of aromatic amines is 1. The first-order valence-electron chi connectivity index (χ1n) is 5.09. The van der Waals surface area contributed by atoms with Gasteiger partial charge in [-0.25, -0.2) is 4.79 Å². The van der Waals surface area contributed by atoms with E-state index in [0.717, 1.165) is 0 Å². The van der Waals surface area contributed by atoms with Crippen molar-refractivity contribution in [1.29, 1.82) is 0 Å². The Morgan fingerprint density at radius 3 is 2.94 bits per heavy atom. The molecule has 1 heterocycles. The van der Waals surface area contributed by atoms with Crippen LogP contribution < -0.4 is 11.2 Å². The van der Waals surface area contributed by atoms with Crippen LogP contribution in [0.2, 0.25) is 0 Å². The average Bonchev–Trinajstić information content (AvgIpc) is 2.31. The van der Waals surface area contributed by atoms with Crippen LogP contribution in [0, 0.1) is 5.92 Å². The Labute approximate surface area is 96.2 Å². The Kier molecular flexibility index (Phi) is 4.99. The third-order valence-electron chi connectivity index (χ3n) is 2.34. The molecule has 0 radical (unpaired) electrons. The summed E-state index contributed by atoms with van der Waals surface area (Å²) in [6.45, 7) is 0.421. The molecule has 0 bridgehead atoms. The fourth-order valence-corrected chi connectivity index (χ4v) is 1.33. The van der Waals surface area contributed by atoms with E-state index in [1.807, 2.05) is 0 Å². The standard InChI is InChI=1S/C9H13N5O3/c10-13-11-5-7(6-15)1-3-14-4-2-8(16)12-9(14)17/h2,4,7,15H,1,3,5-6H2,(H,12,16,17). The van der Waals surface area contributed by atoms with Gasteiger partial charge < -0.3 is 9.67 Å². The monoisotopic (exact) mass is 239 g/mol. The van der Waals surface area contributed by atoms with Gasteiger partial charge in [0.05, 0.1) is 0 Å². The lowest BCUT2D eigenvalue weighted by atomic mass is 10.1. The van der Waals surface area contributed by atoms with Gasteiger partial charge in [0.15, 0.2) is 0 Å². The zero-order valence-corrected chi connectivity index (χ0v) is 9.11. The van der Waals surface area contributed by atoms with Crippen LogP contribution in [-0.2, 0) is 6.54 Å². The van der Waals surface area contributed by atoms with Crippen molar-refractivity contribution in [2.24, 2.45) is 11.0 Å². The normalized spacial score (nSPS) is 11.8. The SMILES string of the molecule is [N-]=[N+]=NCC(CO)CCn1ccc(=O)[nH]c1=O. The third-order valence-corrected chi connectivity index (χ3v) is 2.34. The summed E-state index contributed by atoms with van der Waals surface area (Å²) >= 11 is 0. The fraction of sp³-hybridized carbons (Fsp3) is 0.556. The van der Waals surface area contributed by atoms with Gasteiger partial charge in [0, 0.05) is 36.9 Å². The molecule has 2 N–H and O–H groups in total. The molecule has 0 amide bonds. The minimum absolute atomic E-state index is 0.114. The van der Waals surface area contributed by atoms with Gasteiger partial charge in [0.1, 0.15) is 0 Å². The molecule has 8 nitrogen and oxygen atoms in total. The van der Waals surface area contributed by atoms with Crippen LogP contribution in [0.5, 0.6) is 0 Å². The van der Waals surface area contributed by atoms with Crippen molar-refractivity contribution in [3.63, 3.8) is 0 Å². The highest BCUT2D eigenvalue weighted by molar-refractivity contribution is 4.82. The molecule has 1 rings (SSSR count). The molecule has 0 spiro atoms. The summed E-state index contributed by atoms with van der Waals surface area (Å²) in [6.07, 6.45) is 1.88. The summed E-state index contributed by atoms with van der Waals surface area (Å²) in [7, 11) is 0. The Morgan fingerprint density at radius 2 is 2.35 bits per heavy atom. The Morgan fingerprint density at radius 1 is 1.59 bits per heavy atom. The summed E-state index contributed by atoms with van der Waals surface area (Å²) in [5.74, 6) is -0.190. The number of azide groups is 1. The van der Waals surface area contributed by atoms with Crippen molar-refractivity contribution in [2.45, 2.75) is 13.0 Å². The van der Waals surface area contributed by atoms with Gasteiger partial charge in [-0.15, -0.1) is 0 Å². The molecular formula is C9H13N5O3. The average molecular weight is 239 g/mol. The van der Waals surface area contributed by atoms with E-state index in [2.05, 4.69) is 15.0 Å². The lowest BCUT2D eigenvalue weighted by Crippen LogP contribution is -2.29. The molecule has 92 valence electrons. The Hall–Kier alpha value is -2.05. The van der Waals surface area contributed by atoms with Crippen LogP contribution in [0.3, 0.4) is 0 Å². The van der Waals surface area contributed by atoms with Crippen molar-refractivity contribution in [3.8, 4) is 0 Å². The van der Waals surface area contributed by atoms with Gasteiger partial charge in [0.25, 0.3) is 5.56 Å². The number of nitrogens with zero attached hydrogens (tertiary/aromatic N) is 4. The lowest BCUT2D eigenvalue weighted by molar-refractivity contribution is 0.217. The summed E-state index contributed by atoms with van der Waals surface area (Å²) in [4.78, 5) is 26.9. The second-order valence-corrected chi connectivity index (χ2v) is 3.55. The molecule has 8 heteroatoms. The second kappa shape index (κ2) is 6.51. The van der Waals surface area contributed by atoms with E-state index in [4.69, 9.17) is 10.6 Å². The topological polar surface area (TPSA) is 124 Å². The quantitative estimate of drug-likeness (QED) is 0.407. The minimum Gasteiger partial charge on any atom is -0.396 e. The predicted molar refractivity (Wildman–Crippen MR) is 60.5 cm³/mol. The molecule has 0 saturated heterocycles. The number of H-pyrrole nitrogens is 1. The summed E-state index contributed by atoms with van der Waals surface area (Å²) < 4.78 is 1.33. The van der Waals surface area contributed by atoms with Crippen LogP contribution >= 0.6 is 0 Å². The summed E-state index contributed by atoms with van der Waals surface area (Å²) in [5.41, 5.74) is 7.22.